The lowest BCUT2D eigenvalue weighted by Crippen LogP contribution is -2.31. The van der Waals surface area contributed by atoms with Gasteiger partial charge < -0.3 is 14.2 Å². The van der Waals surface area contributed by atoms with E-state index in [-0.39, 0.29) is 18.8 Å². The Morgan fingerprint density at radius 1 is 0.863 bits per heavy atom. The molecule has 0 N–H and O–H groups in total. The Bertz CT molecular complexity index is 2100. The van der Waals surface area contributed by atoms with E-state index in [0.717, 1.165) is 51.1 Å². The van der Waals surface area contributed by atoms with Crippen molar-refractivity contribution in [3.05, 3.63) is 142 Å². The molecule has 2 atom stereocenters. The highest BCUT2D eigenvalue weighted by molar-refractivity contribution is 5.88. The second-order valence-corrected chi connectivity index (χ2v) is 12.8. The molecule has 51 heavy (non-hydrogen) atoms. The molecular weight excluding hydrogens is 657 g/mol. The molecule has 2 heterocycles. The molecule has 0 radical (unpaired) electrons. The van der Waals surface area contributed by atoms with Crippen LogP contribution in [0.25, 0.3) is 22.3 Å². The Kier molecular flexibility index (Phi) is 9.87. The number of hydrogen-bond donors (Lipinski definition) is 0. The zero-order valence-electron chi connectivity index (χ0n) is 28.9. The molecule has 0 spiro atoms. The lowest BCUT2D eigenvalue weighted by Gasteiger charge is -2.24. The molecule has 1 fully saturated rings. The summed E-state index contributed by atoms with van der Waals surface area (Å²) in [6.07, 6.45) is -6.01. The minimum absolute atomic E-state index is 0.141. The van der Waals surface area contributed by atoms with Crippen molar-refractivity contribution in [1.82, 2.24) is 9.88 Å². The summed E-state index contributed by atoms with van der Waals surface area (Å²) in [4.78, 5) is 32.1. The Morgan fingerprint density at radius 3 is 2.31 bits per heavy atom. The van der Waals surface area contributed by atoms with Crippen LogP contribution in [0.1, 0.15) is 62.6 Å². The van der Waals surface area contributed by atoms with E-state index < -0.39 is 35.9 Å². The average molecular weight is 695 g/mol. The van der Waals surface area contributed by atoms with E-state index in [4.69, 9.17) is 14.2 Å². The van der Waals surface area contributed by atoms with Crippen molar-refractivity contribution >= 4 is 12.1 Å². The zero-order valence-corrected chi connectivity index (χ0v) is 28.9. The number of benzene rings is 4. The van der Waals surface area contributed by atoms with Gasteiger partial charge in [0.05, 0.1) is 25.3 Å². The highest BCUT2D eigenvalue weighted by atomic mass is 19.4. The third-order valence-electron chi connectivity index (χ3n) is 9.06. The maximum atomic E-state index is 13.6. The number of cyclic esters (lactones) is 1. The summed E-state index contributed by atoms with van der Waals surface area (Å²) < 4.78 is 57.8. The van der Waals surface area contributed by atoms with Gasteiger partial charge in [-0.25, -0.2) is 14.6 Å². The first kappa shape index (κ1) is 35.2. The number of ether oxygens (including phenoxy) is 3. The van der Waals surface area contributed by atoms with Gasteiger partial charge in [0.25, 0.3) is 0 Å². The summed E-state index contributed by atoms with van der Waals surface area (Å²) in [7, 11) is 1.58. The number of rotatable bonds is 9. The molecule has 10 heteroatoms. The normalized spacial score (nSPS) is 15.8. The fourth-order valence-corrected chi connectivity index (χ4v) is 6.46. The fourth-order valence-electron chi connectivity index (χ4n) is 6.46. The summed E-state index contributed by atoms with van der Waals surface area (Å²) in [6, 6.07) is 27.7. The number of pyridine rings is 1. The smallest absolute Gasteiger partial charge is 0.416 e. The van der Waals surface area contributed by atoms with E-state index in [1.807, 2.05) is 86.6 Å². The number of carbonyl (C=O) groups is 2. The number of aryl methyl sites for hydroxylation is 3. The van der Waals surface area contributed by atoms with Crippen LogP contribution in [-0.2, 0) is 28.8 Å². The highest BCUT2D eigenvalue weighted by Gasteiger charge is 2.41. The van der Waals surface area contributed by atoms with Crippen molar-refractivity contribution < 1.29 is 37.0 Å². The molecule has 5 aromatic rings. The number of amides is 1. The number of nitrogens with zero attached hydrogens (tertiary/aromatic N) is 2. The van der Waals surface area contributed by atoms with Crippen LogP contribution in [0.4, 0.5) is 18.0 Å². The second-order valence-electron chi connectivity index (χ2n) is 12.8. The molecule has 0 saturated carbocycles. The lowest BCUT2D eigenvalue weighted by atomic mass is 9.92. The van der Waals surface area contributed by atoms with Crippen LogP contribution in [0.2, 0.25) is 0 Å². The first-order chi connectivity index (χ1) is 24.3. The van der Waals surface area contributed by atoms with Crippen LogP contribution in [0.15, 0.2) is 97.1 Å². The lowest BCUT2D eigenvalue weighted by molar-refractivity contribution is -0.137. The van der Waals surface area contributed by atoms with E-state index in [9.17, 15) is 22.8 Å². The number of halogens is 3. The first-order valence-electron chi connectivity index (χ1n) is 16.5. The van der Waals surface area contributed by atoms with E-state index in [1.54, 1.807) is 38.0 Å². The highest BCUT2D eigenvalue weighted by Crippen LogP contribution is 2.41. The number of esters is 1. The number of carbonyl (C=O) groups excluding carboxylic acids is 2. The van der Waals surface area contributed by atoms with Crippen molar-refractivity contribution in [2.75, 3.05) is 7.11 Å². The number of alkyl halides is 3. The quantitative estimate of drug-likeness (QED) is 0.143. The molecule has 262 valence electrons. The van der Waals surface area contributed by atoms with Crippen LogP contribution in [-0.4, -0.2) is 35.1 Å². The number of methoxy groups -OCH3 is 1. The molecule has 0 unspecified atom stereocenters. The fraction of sp³-hybridized carbons (Fsp3) is 0.244. The van der Waals surface area contributed by atoms with E-state index in [2.05, 4.69) is 4.98 Å². The minimum atomic E-state index is -4.53. The Labute approximate surface area is 294 Å². The van der Waals surface area contributed by atoms with Crippen LogP contribution >= 0.6 is 0 Å². The van der Waals surface area contributed by atoms with Gasteiger partial charge in [-0.2, -0.15) is 13.2 Å². The van der Waals surface area contributed by atoms with Gasteiger partial charge in [-0.1, -0.05) is 77.9 Å². The summed E-state index contributed by atoms with van der Waals surface area (Å²) in [5.41, 5.74) is 6.64. The predicted octanol–water partition coefficient (Wildman–Crippen LogP) is 9.81. The second kappa shape index (κ2) is 14.3. The third kappa shape index (κ3) is 7.60. The largest absolute Gasteiger partial charge is 0.496 e. The van der Waals surface area contributed by atoms with E-state index >= 15 is 0 Å². The molecule has 1 aliphatic rings. The van der Waals surface area contributed by atoms with Gasteiger partial charge in [0.2, 0.25) is 0 Å². The van der Waals surface area contributed by atoms with Gasteiger partial charge in [-0.05, 0) is 85.8 Å². The van der Waals surface area contributed by atoms with Crippen molar-refractivity contribution in [3.63, 3.8) is 0 Å². The van der Waals surface area contributed by atoms with Gasteiger partial charge >= 0.3 is 18.2 Å². The van der Waals surface area contributed by atoms with Crippen molar-refractivity contribution in [3.8, 4) is 28.0 Å². The molecule has 1 aliphatic heterocycles. The maximum absolute atomic E-state index is 13.6. The SMILES string of the molecule is COc1ccc(-c2ccc(C(=O)OCc3ccccc3)nc2C)cc1-c1ccc(C)cc1CN1C(=O)O[C@H](c2cc(C)cc(C(F)(F)F)c2)[C@@H]1C. The maximum Gasteiger partial charge on any atom is 0.416 e. The molecule has 1 saturated heterocycles. The van der Waals surface area contributed by atoms with Gasteiger partial charge in [0, 0.05) is 16.8 Å². The van der Waals surface area contributed by atoms with Crippen molar-refractivity contribution in [2.24, 2.45) is 0 Å². The Morgan fingerprint density at radius 2 is 1.61 bits per heavy atom. The summed E-state index contributed by atoms with van der Waals surface area (Å²) >= 11 is 0. The van der Waals surface area contributed by atoms with E-state index in [1.165, 1.54) is 0 Å². The average Bonchev–Trinajstić information content (AvgIpc) is 3.38. The molecule has 1 aromatic heterocycles. The van der Waals surface area contributed by atoms with Crippen LogP contribution in [0.3, 0.4) is 0 Å². The van der Waals surface area contributed by atoms with Gasteiger partial charge in [0.1, 0.15) is 24.2 Å². The molecule has 6 rings (SSSR count). The minimum Gasteiger partial charge on any atom is -0.496 e. The molecule has 4 aromatic carbocycles. The third-order valence-corrected chi connectivity index (χ3v) is 9.06. The zero-order chi connectivity index (χ0) is 36.4. The molecule has 0 aliphatic carbocycles. The summed E-state index contributed by atoms with van der Waals surface area (Å²) in [5.74, 6) is 0.0817. The monoisotopic (exact) mass is 694 g/mol. The van der Waals surface area contributed by atoms with Gasteiger partial charge in [0.15, 0.2) is 0 Å². The topological polar surface area (TPSA) is 78.0 Å². The Hall–Kier alpha value is -5.64. The molecule has 0 bridgehead atoms. The first-order valence-corrected chi connectivity index (χ1v) is 16.5. The van der Waals surface area contributed by atoms with E-state index in [0.29, 0.717) is 22.6 Å². The molecular formula is C41H37F3N2O5. The van der Waals surface area contributed by atoms with Crippen LogP contribution in [0, 0.1) is 20.8 Å². The predicted molar refractivity (Wildman–Crippen MR) is 187 cm³/mol. The summed E-state index contributed by atoms with van der Waals surface area (Å²) in [6.45, 7) is 7.43. The van der Waals surface area contributed by atoms with Crippen molar-refractivity contribution in [1.29, 1.82) is 0 Å². The van der Waals surface area contributed by atoms with Gasteiger partial charge in [-0.15, -0.1) is 0 Å². The number of aromatic nitrogens is 1. The van der Waals surface area contributed by atoms with Crippen LogP contribution < -0.4 is 4.74 Å². The standard InChI is InChI=1S/C41H37F3N2O5/c1-24-11-13-34(31(17-24)22-46-27(4)38(51-40(46)48)30-18-25(2)19-32(20-30)41(42,43)44)35-21-29(12-16-37(35)49-5)33-14-15-36(45-26(33)3)39(47)50-23-28-9-7-6-8-10-28/h6-21,27,38H,22-23H2,1-5H3/t27-,38-/m0/s1. The molecule has 7 nitrogen and oxygen atoms in total. The molecule has 1 amide bonds. The van der Waals surface area contributed by atoms with Gasteiger partial charge in [-0.3, -0.25) is 4.90 Å². The summed E-state index contributed by atoms with van der Waals surface area (Å²) in [5, 5.41) is 0. The number of hydrogen-bond acceptors (Lipinski definition) is 6. The Balaban J connectivity index is 1.28. The van der Waals surface area contributed by atoms with Crippen molar-refractivity contribution in [2.45, 2.75) is 59.2 Å². The van der Waals surface area contributed by atoms with Crippen LogP contribution in [0.5, 0.6) is 5.75 Å².